The molecule has 0 saturated heterocycles. The number of hydrogen-bond donors (Lipinski definition) is 2. The zero-order valence-electron chi connectivity index (χ0n) is 17.0. The van der Waals surface area contributed by atoms with Crippen LogP contribution in [0.15, 0.2) is 94.4 Å². The third-order valence-electron chi connectivity index (χ3n) is 4.87. The molecule has 7 nitrogen and oxygen atoms in total. The lowest BCUT2D eigenvalue weighted by Gasteiger charge is -2.14. The fourth-order valence-electron chi connectivity index (χ4n) is 3.21. The van der Waals surface area contributed by atoms with Gasteiger partial charge >= 0.3 is 5.97 Å². The molecule has 0 bridgehead atoms. The lowest BCUT2D eigenvalue weighted by atomic mass is 10.1. The molecule has 32 heavy (non-hydrogen) atoms. The summed E-state index contributed by atoms with van der Waals surface area (Å²) in [5.74, 6) is -0.651. The maximum atomic E-state index is 12.7. The number of furan rings is 1. The number of ether oxygens (including phenoxy) is 1. The first-order chi connectivity index (χ1) is 15.4. The van der Waals surface area contributed by atoms with Crippen molar-refractivity contribution in [1.82, 2.24) is 4.72 Å². The number of aliphatic carboxylic acids is 1. The molecule has 4 aromatic rings. The molecule has 0 saturated carbocycles. The molecule has 1 heterocycles. The Bertz CT molecular complexity index is 1280. The first-order valence-electron chi connectivity index (χ1n) is 9.90. The van der Waals surface area contributed by atoms with Gasteiger partial charge in [-0.05, 0) is 35.7 Å². The number of nitrogens with one attached hydrogen (secondary N) is 1. The summed E-state index contributed by atoms with van der Waals surface area (Å²) in [5.41, 5.74) is 2.09. The number of sulfonamides is 1. The Morgan fingerprint density at radius 3 is 2.31 bits per heavy atom. The van der Waals surface area contributed by atoms with E-state index in [1.54, 1.807) is 48.5 Å². The molecule has 0 aliphatic heterocycles. The summed E-state index contributed by atoms with van der Waals surface area (Å²) in [5, 5.41) is 9.86. The van der Waals surface area contributed by atoms with Gasteiger partial charge < -0.3 is 14.3 Å². The van der Waals surface area contributed by atoms with Crippen molar-refractivity contribution in [3.63, 3.8) is 0 Å². The fourth-order valence-corrected chi connectivity index (χ4v) is 4.37. The summed E-state index contributed by atoms with van der Waals surface area (Å²) in [6.45, 7) is 0.412. The number of carboxylic acids is 1. The Labute approximate surface area is 185 Å². The minimum Gasteiger partial charge on any atom is -0.489 e. The van der Waals surface area contributed by atoms with Crippen molar-refractivity contribution >= 4 is 27.0 Å². The zero-order valence-corrected chi connectivity index (χ0v) is 17.8. The Hall–Kier alpha value is -3.62. The Morgan fingerprint density at radius 2 is 1.62 bits per heavy atom. The lowest BCUT2D eigenvalue weighted by Crippen LogP contribution is -2.42. The molecule has 8 heteroatoms. The molecule has 164 valence electrons. The molecular formula is C24H21NO6S. The standard InChI is InChI=1S/C24H21NO6S/c26-24(27)21(25-32(28,29)23-15-19-8-4-5-9-22(19)31-23)14-17-10-12-20(13-11-17)30-16-18-6-2-1-3-7-18/h1-13,15,21,25H,14,16H2,(H,26,27). The Morgan fingerprint density at radius 1 is 0.938 bits per heavy atom. The maximum absolute atomic E-state index is 12.7. The van der Waals surface area contributed by atoms with E-state index in [4.69, 9.17) is 9.15 Å². The highest BCUT2D eigenvalue weighted by Gasteiger charge is 2.28. The number of hydrogen-bond acceptors (Lipinski definition) is 5. The van der Waals surface area contributed by atoms with E-state index in [0.29, 0.717) is 28.9 Å². The van der Waals surface area contributed by atoms with Gasteiger partial charge in [-0.2, -0.15) is 4.72 Å². The van der Waals surface area contributed by atoms with Gasteiger partial charge in [-0.3, -0.25) is 4.79 Å². The highest BCUT2D eigenvalue weighted by Crippen LogP contribution is 2.23. The van der Waals surface area contributed by atoms with E-state index in [1.807, 2.05) is 30.3 Å². The predicted octanol–water partition coefficient (Wildman–Crippen LogP) is 3.99. The molecule has 0 amide bonds. The second kappa shape index (κ2) is 9.25. The maximum Gasteiger partial charge on any atom is 0.322 e. The van der Waals surface area contributed by atoms with Crippen molar-refractivity contribution in [3.05, 3.63) is 96.1 Å². The summed E-state index contributed by atoms with van der Waals surface area (Å²) in [6, 6.07) is 23.4. The number of para-hydroxylation sites is 1. The zero-order chi connectivity index (χ0) is 22.6. The molecule has 0 fully saturated rings. The predicted molar refractivity (Wildman–Crippen MR) is 119 cm³/mol. The van der Waals surface area contributed by atoms with Crippen LogP contribution >= 0.6 is 0 Å². The average Bonchev–Trinajstić information content (AvgIpc) is 3.24. The van der Waals surface area contributed by atoms with Crippen molar-refractivity contribution < 1.29 is 27.5 Å². The summed E-state index contributed by atoms with van der Waals surface area (Å²) in [6.07, 6.45) is -0.0340. The van der Waals surface area contributed by atoms with Gasteiger partial charge in [0.05, 0.1) is 0 Å². The van der Waals surface area contributed by atoms with Gasteiger partial charge in [0.1, 0.15) is 24.0 Å². The molecule has 1 aromatic heterocycles. The molecule has 0 aliphatic rings. The molecule has 3 aromatic carbocycles. The lowest BCUT2D eigenvalue weighted by molar-refractivity contribution is -0.138. The summed E-state index contributed by atoms with van der Waals surface area (Å²) in [7, 11) is -4.16. The third-order valence-corrected chi connectivity index (χ3v) is 6.20. The van der Waals surface area contributed by atoms with E-state index in [-0.39, 0.29) is 11.5 Å². The minimum atomic E-state index is -4.16. The van der Waals surface area contributed by atoms with E-state index in [1.165, 1.54) is 6.07 Å². The van der Waals surface area contributed by atoms with Gasteiger partial charge in [-0.1, -0.05) is 60.7 Å². The van der Waals surface area contributed by atoms with Crippen molar-refractivity contribution in [2.24, 2.45) is 0 Å². The van der Waals surface area contributed by atoms with E-state index < -0.39 is 22.0 Å². The van der Waals surface area contributed by atoms with Gasteiger partial charge in [0, 0.05) is 11.5 Å². The topological polar surface area (TPSA) is 106 Å². The van der Waals surface area contributed by atoms with Crippen LogP contribution < -0.4 is 9.46 Å². The second-order valence-corrected chi connectivity index (χ2v) is 8.88. The molecular weight excluding hydrogens is 430 g/mol. The summed E-state index contributed by atoms with van der Waals surface area (Å²) < 4.78 is 38.7. The van der Waals surface area contributed by atoms with E-state index in [0.717, 1.165) is 5.56 Å². The molecule has 2 N–H and O–H groups in total. The van der Waals surface area contributed by atoms with E-state index >= 15 is 0 Å². The highest BCUT2D eigenvalue weighted by atomic mass is 32.2. The van der Waals surface area contributed by atoms with Crippen molar-refractivity contribution in [3.8, 4) is 5.75 Å². The van der Waals surface area contributed by atoms with E-state index in [9.17, 15) is 18.3 Å². The van der Waals surface area contributed by atoms with E-state index in [2.05, 4.69) is 4.72 Å². The fraction of sp³-hybridized carbons (Fsp3) is 0.125. The van der Waals surface area contributed by atoms with Crippen molar-refractivity contribution in [2.45, 2.75) is 24.2 Å². The monoisotopic (exact) mass is 451 g/mol. The molecule has 0 spiro atoms. The first-order valence-corrected chi connectivity index (χ1v) is 11.4. The molecule has 1 atom stereocenters. The average molecular weight is 452 g/mol. The minimum absolute atomic E-state index is 0.0340. The van der Waals surface area contributed by atoms with Crippen LogP contribution in [-0.4, -0.2) is 25.5 Å². The molecule has 0 radical (unpaired) electrons. The van der Waals surface area contributed by atoms with Crippen LogP contribution in [0.4, 0.5) is 0 Å². The molecule has 4 rings (SSSR count). The van der Waals surface area contributed by atoms with Gasteiger partial charge in [0.25, 0.3) is 10.0 Å². The van der Waals surface area contributed by atoms with Crippen LogP contribution in [0, 0.1) is 0 Å². The van der Waals surface area contributed by atoms with Crippen LogP contribution in [0.3, 0.4) is 0 Å². The van der Waals surface area contributed by atoms with Crippen LogP contribution in [0.5, 0.6) is 5.75 Å². The Kier molecular flexibility index (Phi) is 6.25. The highest BCUT2D eigenvalue weighted by molar-refractivity contribution is 7.89. The summed E-state index contributed by atoms with van der Waals surface area (Å²) >= 11 is 0. The van der Waals surface area contributed by atoms with Gasteiger partial charge in [0.15, 0.2) is 0 Å². The number of rotatable bonds is 9. The van der Waals surface area contributed by atoms with Crippen LogP contribution in [0.2, 0.25) is 0 Å². The van der Waals surface area contributed by atoms with Crippen molar-refractivity contribution in [1.29, 1.82) is 0 Å². The van der Waals surface area contributed by atoms with Gasteiger partial charge in [0.2, 0.25) is 5.09 Å². The molecule has 1 unspecified atom stereocenters. The normalized spacial score (nSPS) is 12.5. The SMILES string of the molecule is O=C(O)C(Cc1ccc(OCc2ccccc2)cc1)NS(=O)(=O)c1cc2ccccc2o1. The van der Waals surface area contributed by atoms with Crippen LogP contribution in [0.25, 0.3) is 11.0 Å². The van der Waals surface area contributed by atoms with Gasteiger partial charge in [-0.25, -0.2) is 8.42 Å². The second-order valence-electron chi connectivity index (χ2n) is 7.24. The number of carboxylic acid groups (broad SMARTS) is 1. The quantitative estimate of drug-likeness (QED) is 0.399. The largest absolute Gasteiger partial charge is 0.489 e. The van der Waals surface area contributed by atoms with Crippen LogP contribution in [-0.2, 0) is 27.8 Å². The first kappa shape index (κ1) is 21.6. The smallest absolute Gasteiger partial charge is 0.322 e. The van der Waals surface area contributed by atoms with Crippen molar-refractivity contribution in [2.75, 3.05) is 0 Å². The molecule has 0 aliphatic carbocycles. The third kappa shape index (κ3) is 5.16. The van der Waals surface area contributed by atoms with Gasteiger partial charge in [-0.15, -0.1) is 0 Å². The number of benzene rings is 3. The Balaban J connectivity index is 1.43. The summed E-state index contributed by atoms with van der Waals surface area (Å²) in [4.78, 5) is 11.7. The number of carbonyl (C=O) groups is 1. The number of fused-ring (bicyclic) bond motifs is 1. The van der Waals surface area contributed by atoms with Crippen LogP contribution in [0.1, 0.15) is 11.1 Å².